The van der Waals surface area contributed by atoms with Gasteiger partial charge in [-0.05, 0) is 43.2 Å². The molecule has 0 fully saturated rings. The Bertz CT molecular complexity index is 1300. The van der Waals surface area contributed by atoms with Crippen molar-refractivity contribution in [1.29, 1.82) is 0 Å². The summed E-state index contributed by atoms with van der Waals surface area (Å²) in [6.07, 6.45) is 0.660. The maximum atomic E-state index is 13.9. The molecule has 1 heterocycles. The molecule has 0 unspecified atom stereocenters. The summed E-state index contributed by atoms with van der Waals surface area (Å²) in [5, 5.41) is 8.68. The third kappa shape index (κ3) is 8.75. The van der Waals surface area contributed by atoms with E-state index in [4.69, 9.17) is 9.26 Å². The number of unbranched alkanes of at least 4 members (excludes halogenated alkanes) is 1. The molecule has 0 radical (unpaired) electrons. The molecule has 0 aliphatic rings. The minimum absolute atomic E-state index is 0.0281. The molecule has 0 saturated heterocycles. The van der Waals surface area contributed by atoms with E-state index in [1.165, 1.54) is 61.5 Å². The molecule has 10 nitrogen and oxygen atoms in total. The second kappa shape index (κ2) is 14.6. The molecule has 1 atom stereocenters. The molecule has 40 heavy (non-hydrogen) atoms. The number of benzene rings is 2. The number of methoxy groups -OCH3 is 1. The van der Waals surface area contributed by atoms with Gasteiger partial charge in [-0.25, -0.2) is 22.8 Å². The van der Waals surface area contributed by atoms with Crippen molar-refractivity contribution in [3.05, 3.63) is 71.5 Å². The third-order valence-corrected chi connectivity index (χ3v) is 6.00. The van der Waals surface area contributed by atoms with Gasteiger partial charge in [-0.2, -0.15) is 0 Å². The Hall–Kier alpha value is -4.55. The van der Waals surface area contributed by atoms with Crippen molar-refractivity contribution in [2.24, 2.45) is 0 Å². The number of esters is 1. The van der Waals surface area contributed by atoms with E-state index in [0.717, 1.165) is 6.07 Å². The summed E-state index contributed by atoms with van der Waals surface area (Å²) in [5.41, 5.74) is 0.521. The van der Waals surface area contributed by atoms with Crippen molar-refractivity contribution >= 4 is 23.9 Å². The predicted octanol–water partition coefficient (Wildman–Crippen LogP) is 5.25. The minimum Gasteiger partial charge on any atom is -0.469 e. The summed E-state index contributed by atoms with van der Waals surface area (Å²) in [5.74, 6) is -2.51. The Balaban J connectivity index is 1.57. The molecular formula is C27H29F3N4O6. The van der Waals surface area contributed by atoms with Crippen LogP contribution in [0.25, 0.3) is 11.3 Å². The van der Waals surface area contributed by atoms with Crippen LogP contribution in [-0.2, 0) is 20.8 Å². The van der Waals surface area contributed by atoms with Crippen LogP contribution in [0.15, 0.2) is 53.1 Å². The number of likely N-dealkylation sites (N-methyl/N-ethyl adjacent to an activating group) is 1. The van der Waals surface area contributed by atoms with Crippen molar-refractivity contribution in [2.75, 3.05) is 26.1 Å². The van der Waals surface area contributed by atoms with E-state index >= 15 is 0 Å². The Labute approximate surface area is 228 Å². The fourth-order valence-corrected chi connectivity index (χ4v) is 3.68. The fourth-order valence-electron chi connectivity index (χ4n) is 3.68. The molecule has 0 bridgehead atoms. The number of carbonyl (C=O) groups excluding carboxylic acids is 3. The van der Waals surface area contributed by atoms with Crippen LogP contribution in [0.4, 0.5) is 28.6 Å². The first-order valence-corrected chi connectivity index (χ1v) is 12.3. The van der Waals surface area contributed by atoms with Crippen LogP contribution in [0.1, 0.15) is 31.2 Å². The lowest BCUT2D eigenvalue weighted by molar-refractivity contribution is -0.140. The van der Waals surface area contributed by atoms with E-state index in [2.05, 4.69) is 20.5 Å². The van der Waals surface area contributed by atoms with Crippen molar-refractivity contribution in [3.63, 3.8) is 0 Å². The van der Waals surface area contributed by atoms with Crippen LogP contribution in [0.5, 0.6) is 0 Å². The highest BCUT2D eigenvalue weighted by Gasteiger charge is 2.23. The van der Waals surface area contributed by atoms with Crippen LogP contribution in [-0.4, -0.2) is 55.0 Å². The van der Waals surface area contributed by atoms with Crippen LogP contribution < -0.4 is 10.6 Å². The Morgan fingerprint density at radius 1 is 1.07 bits per heavy atom. The lowest BCUT2D eigenvalue weighted by Crippen LogP contribution is -2.46. The van der Waals surface area contributed by atoms with E-state index in [1.807, 2.05) is 0 Å². The summed E-state index contributed by atoms with van der Waals surface area (Å²) < 4.78 is 55.7. The topological polar surface area (TPSA) is 123 Å². The van der Waals surface area contributed by atoms with Gasteiger partial charge >= 0.3 is 18.1 Å². The zero-order valence-electron chi connectivity index (χ0n) is 21.9. The van der Waals surface area contributed by atoms with Gasteiger partial charge in [0.05, 0.1) is 13.2 Å². The Kier molecular flexibility index (Phi) is 10.9. The highest BCUT2D eigenvalue weighted by molar-refractivity contribution is 5.84. The highest BCUT2D eigenvalue weighted by Crippen LogP contribution is 2.23. The number of nitrogens with one attached hydrogen (secondary N) is 2. The van der Waals surface area contributed by atoms with E-state index < -0.39 is 35.6 Å². The first-order valence-electron chi connectivity index (χ1n) is 12.3. The number of aromatic nitrogens is 1. The smallest absolute Gasteiger partial charge is 0.412 e. The van der Waals surface area contributed by atoms with E-state index in [1.54, 1.807) is 0 Å². The summed E-state index contributed by atoms with van der Waals surface area (Å²) in [6.45, 7) is -0.476. The van der Waals surface area contributed by atoms with E-state index in [-0.39, 0.29) is 36.9 Å². The summed E-state index contributed by atoms with van der Waals surface area (Å²) in [4.78, 5) is 37.9. The average Bonchev–Trinajstić information content (AvgIpc) is 3.41. The van der Waals surface area contributed by atoms with Crippen LogP contribution in [0.2, 0.25) is 0 Å². The minimum atomic E-state index is -1.06. The zero-order chi connectivity index (χ0) is 29.1. The summed E-state index contributed by atoms with van der Waals surface area (Å²) >= 11 is 0. The molecule has 13 heteroatoms. The summed E-state index contributed by atoms with van der Waals surface area (Å²) in [7, 11) is 2.75. The van der Waals surface area contributed by atoms with Gasteiger partial charge in [-0.1, -0.05) is 23.7 Å². The first-order chi connectivity index (χ1) is 19.2. The normalized spacial score (nSPS) is 11.4. The molecule has 2 N–H and O–H groups in total. The van der Waals surface area contributed by atoms with Gasteiger partial charge < -0.3 is 24.2 Å². The standard InChI is InChI=1S/C27H29F3N4O6/c1-34(26(36)31-15-18-6-5-8-21(29)25(18)30)20(7-3-4-9-24(35)38-2)16-39-27(37)32-23-14-22(40-33-23)17-10-12-19(28)13-11-17/h5-6,8,10-14,20H,3-4,7,9,15-16H2,1-2H3,(H,31,36)(H,32,33,37)/t20-/m0/s1. The Morgan fingerprint density at radius 2 is 1.82 bits per heavy atom. The maximum absolute atomic E-state index is 13.9. The predicted molar refractivity (Wildman–Crippen MR) is 137 cm³/mol. The number of anilines is 1. The van der Waals surface area contributed by atoms with Gasteiger partial charge in [-0.3, -0.25) is 10.1 Å². The van der Waals surface area contributed by atoms with Crippen LogP contribution in [0, 0.1) is 17.5 Å². The number of urea groups is 1. The van der Waals surface area contributed by atoms with Gasteiger partial charge in [0.15, 0.2) is 23.2 Å². The number of ether oxygens (including phenoxy) is 2. The van der Waals surface area contributed by atoms with Gasteiger partial charge in [0.1, 0.15) is 12.4 Å². The molecule has 2 aromatic carbocycles. The number of nitrogens with zero attached hydrogens (tertiary/aromatic N) is 2. The largest absolute Gasteiger partial charge is 0.469 e. The molecule has 3 rings (SSSR count). The highest BCUT2D eigenvalue weighted by atomic mass is 19.2. The lowest BCUT2D eigenvalue weighted by Gasteiger charge is -2.28. The second-order valence-corrected chi connectivity index (χ2v) is 8.77. The number of amides is 3. The van der Waals surface area contributed by atoms with Gasteiger partial charge in [0, 0.05) is 37.2 Å². The number of halogens is 3. The van der Waals surface area contributed by atoms with Crippen molar-refractivity contribution in [3.8, 4) is 11.3 Å². The van der Waals surface area contributed by atoms with Gasteiger partial charge in [0.25, 0.3) is 0 Å². The SMILES string of the molecule is COC(=O)CCCC[C@@H](COC(=O)Nc1cc(-c2ccc(F)cc2)on1)N(C)C(=O)NCc1cccc(F)c1F. The second-order valence-electron chi connectivity index (χ2n) is 8.77. The van der Waals surface area contributed by atoms with Crippen molar-refractivity contribution < 1.29 is 41.6 Å². The number of rotatable bonds is 12. The van der Waals surface area contributed by atoms with E-state index in [9.17, 15) is 27.6 Å². The average molecular weight is 563 g/mol. The molecule has 0 spiro atoms. The zero-order valence-corrected chi connectivity index (χ0v) is 21.9. The van der Waals surface area contributed by atoms with E-state index in [0.29, 0.717) is 30.6 Å². The Morgan fingerprint density at radius 3 is 2.55 bits per heavy atom. The molecule has 0 aliphatic carbocycles. The molecule has 3 amide bonds. The van der Waals surface area contributed by atoms with Crippen molar-refractivity contribution in [2.45, 2.75) is 38.3 Å². The monoisotopic (exact) mass is 562 g/mol. The van der Waals surface area contributed by atoms with Crippen molar-refractivity contribution in [1.82, 2.24) is 15.4 Å². The first kappa shape index (κ1) is 30.0. The van der Waals surface area contributed by atoms with Crippen LogP contribution >= 0.6 is 0 Å². The quantitative estimate of drug-likeness (QED) is 0.228. The number of hydrogen-bond acceptors (Lipinski definition) is 7. The molecule has 214 valence electrons. The molecular weight excluding hydrogens is 533 g/mol. The fraction of sp³-hybridized carbons (Fsp3) is 0.333. The molecule has 3 aromatic rings. The molecule has 1 aromatic heterocycles. The number of carbonyl (C=O) groups is 3. The lowest BCUT2D eigenvalue weighted by atomic mass is 10.1. The molecule has 0 saturated carbocycles. The summed E-state index contributed by atoms with van der Waals surface area (Å²) in [6, 6.07) is 9.36. The van der Waals surface area contributed by atoms with Gasteiger partial charge in [-0.15, -0.1) is 0 Å². The third-order valence-electron chi connectivity index (χ3n) is 6.00. The van der Waals surface area contributed by atoms with Gasteiger partial charge in [0.2, 0.25) is 0 Å². The number of hydrogen-bond donors (Lipinski definition) is 2. The van der Waals surface area contributed by atoms with Crippen LogP contribution in [0.3, 0.4) is 0 Å². The maximum Gasteiger partial charge on any atom is 0.412 e. The molecule has 0 aliphatic heterocycles.